The third-order valence-electron chi connectivity index (χ3n) is 5.05. The third kappa shape index (κ3) is 5.03. The lowest BCUT2D eigenvalue weighted by molar-refractivity contribution is -0.140. The highest BCUT2D eigenvalue weighted by molar-refractivity contribution is 9.10. The van der Waals surface area contributed by atoms with Gasteiger partial charge in [0.05, 0.1) is 0 Å². The first-order valence-electron chi connectivity index (χ1n) is 9.81. The van der Waals surface area contributed by atoms with Gasteiger partial charge in [0.2, 0.25) is 10.0 Å². The van der Waals surface area contributed by atoms with Crippen LogP contribution < -0.4 is 10.0 Å². The fourth-order valence-corrected chi connectivity index (χ4v) is 5.20. The number of carboxylic acid groups (broad SMARTS) is 1. The fourth-order valence-electron chi connectivity index (χ4n) is 3.25. The van der Waals surface area contributed by atoms with Crippen molar-refractivity contribution >= 4 is 37.8 Å². The van der Waals surface area contributed by atoms with Crippen molar-refractivity contribution in [1.82, 2.24) is 10.0 Å². The van der Waals surface area contributed by atoms with Gasteiger partial charge in [-0.3, -0.25) is 9.59 Å². The van der Waals surface area contributed by atoms with Gasteiger partial charge in [0.25, 0.3) is 5.91 Å². The minimum absolute atomic E-state index is 0.0999. The predicted molar refractivity (Wildman–Crippen MR) is 122 cm³/mol. The number of carboxylic acids is 1. The summed E-state index contributed by atoms with van der Waals surface area (Å²) in [6.07, 6.45) is 6.00. The Hall–Kier alpha value is -2.69. The second kappa shape index (κ2) is 9.43. The average Bonchev–Trinajstić information content (AvgIpc) is 3.19. The van der Waals surface area contributed by atoms with Crippen LogP contribution in [0, 0.1) is 5.92 Å². The zero-order valence-electron chi connectivity index (χ0n) is 17.4. The van der Waals surface area contributed by atoms with E-state index in [4.69, 9.17) is 4.42 Å². The van der Waals surface area contributed by atoms with Gasteiger partial charge in [-0.05, 0) is 51.7 Å². The predicted octanol–water partition coefficient (Wildman–Crippen LogP) is 3.41. The van der Waals surface area contributed by atoms with Crippen molar-refractivity contribution in [2.24, 2.45) is 5.92 Å². The summed E-state index contributed by atoms with van der Waals surface area (Å²) in [4.78, 5) is 22.4. The van der Waals surface area contributed by atoms with Gasteiger partial charge >= 0.3 is 5.97 Å². The zero-order chi connectivity index (χ0) is 23.5. The Morgan fingerprint density at radius 1 is 1.09 bits per heavy atom. The van der Waals surface area contributed by atoms with Crippen molar-refractivity contribution < 1.29 is 27.5 Å². The fraction of sp³-hybridized carbons (Fsp3) is 0.273. The Balaban J connectivity index is 1.99. The van der Waals surface area contributed by atoms with Crippen LogP contribution in [0.25, 0.3) is 0 Å². The van der Waals surface area contributed by atoms with E-state index in [9.17, 15) is 23.1 Å². The Labute approximate surface area is 194 Å². The van der Waals surface area contributed by atoms with Gasteiger partial charge in [-0.1, -0.05) is 56.3 Å². The van der Waals surface area contributed by atoms with Crippen LogP contribution in [0.3, 0.4) is 0 Å². The number of hydrogen-bond acceptors (Lipinski definition) is 5. The first-order chi connectivity index (χ1) is 15.0. The lowest BCUT2D eigenvalue weighted by Crippen LogP contribution is -2.59. The lowest BCUT2D eigenvalue weighted by atomic mass is 9.93. The molecule has 1 aromatic heterocycles. The molecule has 3 N–H and O–H groups in total. The molecule has 170 valence electrons. The first kappa shape index (κ1) is 24.0. The van der Waals surface area contributed by atoms with Crippen LogP contribution in [0.5, 0.6) is 0 Å². The number of furan rings is 1. The summed E-state index contributed by atoms with van der Waals surface area (Å²) in [6, 6.07) is 10.9. The summed E-state index contributed by atoms with van der Waals surface area (Å²) < 4.78 is 34.6. The molecule has 0 radical (unpaired) electrons. The molecule has 1 aliphatic carbocycles. The van der Waals surface area contributed by atoms with Crippen molar-refractivity contribution in [3.05, 3.63) is 82.8 Å². The average molecular weight is 523 g/mol. The second-order valence-electron chi connectivity index (χ2n) is 7.69. The molecular weight excluding hydrogens is 500 g/mol. The van der Waals surface area contributed by atoms with E-state index >= 15 is 0 Å². The van der Waals surface area contributed by atoms with Gasteiger partial charge in [-0.2, -0.15) is 4.72 Å². The largest absolute Gasteiger partial charge is 0.480 e. The molecule has 10 heteroatoms. The highest BCUT2D eigenvalue weighted by Gasteiger charge is 2.45. The molecule has 0 aliphatic heterocycles. The van der Waals surface area contributed by atoms with E-state index in [1.165, 1.54) is 24.3 Å². The Kier molecular flexibility index (Phi) is 7.06. The van der Waals surface area contributed by atoms with E-state index in [0.717, 1.165) is 5.56 Å². The van der Waals surface area contributed by atoms with E-state index in [1.807, 2.05) is 30.3 Å². The Bertz CT molecular complexity index is 1140. The topological polar surface area (TPSA) is 126 Å². The number of hydrogen-bond donors (Lipinski definition) is 3. The standard InChI is InChI=1S/C22H23BrN2O6S/c1-14(2)19(21(27)28)25-32(29,30)22(24-20(26)17-8-9-18(23)31-17)12-10-16(11-13-22)15-6-4-3-5-7-15/h3-14,16,19,25H,1-2H3,(H,24,26)(H,27,28)/t16?,19-,22?/m0/s1. The van der Waals surface area contributed by atoms with Crippen LogP contribution in [0.15, 0.2) is 75.9 Å². The van der Waals surface area contributed by atoms with Crippen molar-refractivity contribution in [3.8, 4) is 0 Å². The van der Waals surface area contributed by atoms with E-state index in [0.29, 0.717) is 4.67 Å². The van der Waals surface area contributed by atoms with Gasteiger partial charge in [-0.25, -0.2) is 8.42 Å². The van der Waals surface area contributed by atoms with Gasteiger partial charge in [0.15, 0.2) is 15.3 Å². The number of carbonyl (C=O) groups is 2. The first-order valence-corrected chi connectivity index (χ1v) is 12.1. The molecule has 8 nitrogen and oxygen atoms in total. The smallest absolute Gasteiger partial charge is 0.321 e. The van der Waals surface area contributed by atoms with Crippen LogP contribution in [-0.4, -0.2) is 36.3 Å². The number of halogens is 1. The van der Waals surface area contributed by atoms with Crippen molar-refractivity contribution in [2.75, 3.05) is 0 Å². The molecule has 3 rings (SSSR count). The quantitative estimate of drug-likeness (QED) is 0.456. The normalized spacial score (nSPS) is 21.4. The molecule has 0 fully saturated rings. The second-order valence-corrected chi connectivity index (χ2v) is 10.4. The van der Waals surface area contributed by atoms with Crippen molar-refractivity contribution in [1.29, 1.82) is 0 Å². The summed E-state index contributed by atoms with van der Waals surface area (Å²) in [5, 5.41) is 12.0. The highest BCUT2D eigenvalue weighted by atomic mass is 79.9. The van der Waals surface area contributed by atoms with E-state index in [-0.39, 0.29) is 11.7 Å². The molecule has 0 bridgehead atoms. The van der Waals surface area contributed by atoms with Crippen LogP contribution >= 0.6 is 15.9 Å². The monoisotopic (exact) mass is 522 g/mol. The number of sulfonamides is 1. The van der Waals surface area contributed by atoms with E-state index < -0.39 is 38.7 Å². The molecule has 32 heavy (non-hydrogen) atoms. The molecule has 0 saturated carbocycles. The minimum atomic E-state index is -4.43. The zero-order valence-corrected chi connectivity index (χ0v) is 19.8. The van der Waals surface area contributed by atoms with E-state index in [2.05, 4.69) is 26.0 Å². The van der Waals surface area contributed by atoms with Crippen LogP contribution in [0.2, 0.25) is 0 Å². The summed E-state index contributed by atoms with van der Waals surface area (Å²) in [5.41, 5.74) is 0.936. The summed E-state index contributed by atoms with van der Waals surface area (Å²) in [6.45, 7) is 3.18. The molecule has 1 heterocycles. The number of carbonyl (C=O) groups excluding carboxylic acids is 1. The maximum absolute atomic E-state index is 13.4. The number of benzene rings is 1. The molecule has 0 unspecified atom stereocenters. The summed E-state index contributed by atoms with van der Waals surface area (Å²) >= 11 is 3.11. The molecular formula is C22H23BrN2O6S. The van der Waals surface area contributed by atoms with Gasteiger partial charge < -0.3 is 14.8 Å². The van der Waals surface area contributed by atoms with Crippen molar-refractivity contribution in [3.63, 3.8) is 0 Å². The Morgan fingerprint density at radius 2 is 1.72 bits per heavy atom. The number of aliphatic carboxylic acids is 1. The minimum Gasteiger partial charge on any atom is -0.480 e. The molecule has 2 aromatic rings. The number of amides is 1. The maximum atomic E-state index is 13.4. The maximum Gasteiger partial charge on any atom is 0.321 e. The number of nitrogens with one attached hydrogen (secondary N) is 2. The van der Waals surface area contributed by atoms with Crippen LogP contribution in [0.1, 0.15) is 35.9 Å². The van der Waals surface area contributed by atoms with E-state index in [1.54, 1.807) is 26.0 Å². The molecule has 0 spiro atoms. The van der Waals surface area contributed by atoms with Crippen LogP contribution in [-0.2, 0) is 14.8 Å². The third-order valence-corrected chi connectivity index (χ3v) is 7.31. The molecule has 1 aliphatic rings. The lowest BCUT2D eigenvalue weighted by Gasteiger charge is -2.33. The Morgan fingerprint density at radius 3 is 2.22 bits per heavy atom. The molecule has 1 atom stereocenters. The molecule has 1 aromatic carbocycles. The van der Waals surface area contributed by atoms with Crippen LogP contribution in [0.4, 0.5) is 0 Å². The summed E-state index contributed by atoms with van der Waals surface area (Å²) in [7, 11) is -4.43. The van der Waals surface area contributed by atoms with Crippen molar-refractivity contribution in [2.45, 2.75) is 30.7 Å². The number of allylic oxidation sites excluding steroid dienone is 2. The SMILES string of the molecule is CC(C)[C@H](NS(=O)(=O)C1(NC(=O)c2ccc(Br)o2)C=CC(c2ccccc2)C=C1)C(=O)O. The molecule has 1 amide bonds. The summed E-state index contributed by atoms with van der Waals surface area (Å²) in [5.74, 6) is -2.92. The number of rotatable bonds is 8. The highest BCUT2D eigenvalue weighted by Crippen LogP contribution is 2.30. The van der Waals surface area contributed by atoms with Gasteiger partial charge in [0, 0.05) is 5.92 Å². The molecule has 0 saturated heterocycles. The van der Waals surface area contributed by atoms with Gasteiger partial charge in [-0.15, -0.1) is 0 Å². The van der Waals surface area contributed by atoms with Gasteiger partial charge in [0.1, 0.15) is 6.04 Å².